The van der Waals surface area contributed by atoms with Gasteiger partial charge < -0.3 is 10.2 Å². The van der Waals surface area contributed by atoms with Gasteiger partial charge in [0.25, 0.3) is 0 Å². The van der Waals surface area contributed by atoms with Crippen LogP contribution in [0, 0.1) is 0 Å². The van der Waals surface area contributed by atoms with Crippen molar-refractivity contribution in [1.82, 2.24) is 15.3 Å². The number of rotatable bonds is 5. The molecule has 0 unspecified atom stereocenters. The molecular weight excluding hydrogens is 224 g/mol. The highest BCUT2D eigenvalue weighted by molar-refractivity contribution is 5.39. The minimum absolute atomic E-state index is 0.684. The first-order valence-corrected chi connectivity index (χ1v) is 7.12. The van der Waals surface area contributed by atoms with Crippen molar-refractivity contribution in [2.24, 2.45) is 0 Å². The maximum Gasteiger partial charge on any atom is 0.132 e. The van der Waals surface area contributed by atoms with E-state index in [1.165, 1.54) is 12.8 Å². The highest BCUT2D eigenvalue weighted by Gasteiger charge is 2.19. The molecule has 1 saturated heterocycles. The zero-order chi connectivity index (χ0) is 12.8. The van der Waals surface area contributed by atoms with Crippen LogP contribution in [0.2, 0.25) is 0 Å². The second kappa shape index (κ2) is 6.69. The molecule has 1 fully saturated rings. The molecule has 1 aromatic rings. The molecule has 2 heterocycles. The lowest BCUT2D eigenvalue weighted by Gasteiger charge is -2.33. The Hall–Kier alpha value is -1.16. The van der Waals surface area contributed by atoms with E-state index in [0.29, 0.717) is 6.04 Å². The maximum absolute atomic E-state index is 4.41. The van der Waals surface area contributed by atoms with Gasteiger partial charge in [0.2, 0.25) is 0 Å². The van der Waals surface area contributed by atoms with E-state index in [2.05, 4.69) is 40.1 Å². The lowest BCUT2D eigenvalue weighted by Crippen LogP contribution is -2.42. The largest absolute Gasteiger partial charge is 0.356 e. The van der Waals surface area contributed by atoms with E-state index in [0.717, 1.165) is 44.0 Å². The molecule has 4 heteroatoms. The zero-order valence-electron chi connectivity index (χ0n) is 11.5. The molecule has 1 aromatic heterocycles. The van der Waals surface area contributed by atoms with Gasteiger partial charge in [-0.15, -0.1) is 0 Å². The van der Waals surface area contributed by atoms with Gasteiger partial charge in [0.15, 0.2) is 0 Å². The summed E-state index contributed by atoms with van der Waals surface area (Å²) in [7, 11) is 0. The summed E-state index contributed by atoms with van der Waals surface area (Å²) < 4.78 is 0. The number of aromatic nitrogens is 2. The molecular formula is C14H24N4. The number of hydrogen-bond acceptors (Lipinski definition) is 4. The van der Waals surface area contributed by atoms with Crippen LogP contribution in [0.1, 0.15) is 38.8 Å². The Balaban J connectivity index is 1.94. The van der Waals surface area contributed by atoms with Crippen LogP contribution < -0.4 is 10.2 Å². The van der Waals surface area contributed by atoms with Crippen molar-refractivity contribution >= 4 is 5.82 Å². The molecule has 0 saturated carbocycles. The van der Waals surface area contributed by atoms with E-state index in [4.69, 9.17) is 0 Å². The lowest BCUT2D eigenvalue weighted by molar-refractivity contribution is 0.422. The van der Waals surface area contributed by atoms with Gasteiger partial charge in [-0.2, -0.15) is 0 Å². The average molecular weight is 248 g/mol. The Morgan fingerprint density at radius 3 is 2.72 bits per heavy atom. The standard InChI is InChI=1S/C14H24N4/c1-3-5-13-10-14(17-11-16-13)18-8-6-12(7-9-18)15-4-2/h10-12,15H,3-9H2,1-2H3. The van der Waals surface area contributed by atoms with E-state index < -0.39 is 0 Å². The van der Waals surface area contributed by atoms with E-state index in [1.807, 2.05) is 0 Å². The van der Waals surface area contributed by atoms with E-state index >= 15 is 0 Å². The van der Waals surface area contributed by atoms with Crippen LogP contribution in [-0.2, 0) is 6.42 Å². The van der Waals surface area contributed by atoms with Crippen molar-refractivity contribution in [2.45, 2.75) is 45.6 Å². The van der Waals surface area contributed by atoms with Crippen LogP contribution in [0.25, 0.3) is 0 Å². The zero-order valence-corrected chi connectivity index (χ0v) is 11.5. The minimum atomic E-state index is 0.684. The van der Waals surface area contributed by atoms with Crippen molar-refractivity contribution in [3.05, 3.63) is 18.1 Å². The predicted molar refractivity (Wildman–Crippen MR) is 74.9 cm³/mol. The molecule has 100 valence electrons. The number of nitrogens with zero attached hydrogens (tertiary/aromatic N) is 3. The summed E-state index contributed by atoms with van der Waals surface area (Å²) in [5, 5.41) is 3.53. The Morgan fingerprint density at radius 2 is 2.06 bits per heavy atom. The maximum atomic E-state index is 4.41. The van der Waals surface area contributed by atoms with Crippen molar-refractivity contribution in [1.29, 1.82) is 0 Å². The van der Waals surface area contributed by atoms with Crippen molar-refractivity contribution in [2.75, 3.05) is 24.5 Å². The number of anilines is 1. The van der Waals surface area contributed by atoms with Gasteiger partial charge in [0.05, 0.1) is 0 Å². The fraction of sp³-hybridized carbons (Fsp3) is 0.714. The molecule has 0 bridgehead atoms. The SMILES string of the molecule is CCCc1cc(N2CCC(NCC)CC2)ncn1. The summed E-state index contributed by atoms with van der Waals surface area (Å²) in [5.41, 5.74) is 1.16. The van der Waals surface area contributed by atoms with Crippen LogP contribution in [0.4, 0.5) is 5.82 Å². The lowest BCUT2D eigenvalue weighted by atomic mass is 10.1. The third kappa shape index (κ3) is 3.42. The van der Waals surface area contributed by atoms with Crippen molar-refractivity contribution in [3.8, 4) is 0 Å². The van der Waals surface area contributed by atoms with Crippen molar-refractivity contribution < 1.29 is 0 Å². The molecule has 2 rings (SSSR count). The average Bonchev–Trinajstić information content (AvgIpc) is 2.41. The first-order chi connectivity index (χ1) is 8.83. The molecule has 0 spiro atoms. The molecule has 0 amide bonds. The predicted octanol–water partition coefficient (Wildman–Crippen LogP) is 2.01. The van der Waals surface area contributed by atoms with Crippen LogP contribution in [0.15, 0.2) is 12.4 Å². The smallest absolute Gasteiger partial charge is 0.132 e. The van der Waals surface area contributed by atoms with Gasteiger partial charge in [-0.25, -0.2) is 9.97 Å². The van der Waals surface area contributed by atoms with E-state index in [9.17, 15) is 0 Å². The van der Waals surface area contributed by atoms with Gasteiger partial charge in [0, 0.05) is 30.9 Å². The molecule has 1 aliphatic rings. The van der Waals surface area contributed by atoms with Crippen LogP contribution >= 0.6 is 0 Å². The minimum Gasteiger partial charge on any atom is -0.356 e. The highest BCUT2D eigenvalue weighted by Crippen LogP contribution is 2.18. The number of piperidine rings is 1. The molecule has 0 atom stereocenters. The van der Waals surface area contributed by atoms with Crippen LogP contribution in [0.3, 0.4) is 0 Å². The quantitative estimate of drug-likeness (QED) is 0.865. The van der Waals surface area contributed by atoms with Crippen LogP contribution in [0.5, 0.6) is 0 Å². The Morgan fingerprint density at radius 1 is 1.28 bits per heavy atom. The third-order valence-electron chi connectivity index (χ3n) is 3.53. The Labute approximate surface area is 110 Å². The van der Waals surface area contributed by atoms with Crippen molar-refractivity contribution in [3.63, 3.8) is 0 Å². The molecule has 0 radical (unpaired) electrons. The van der Waals surface area contributed by atoms with E-state index in [-0.39, 0.29) is 0 Å². The summed E-state index contributed by atoms with van der Waals surface area (Å²) in [6.45, 7) is 7.62. The molecule has 1 aliphatic heterocycles. The first kappa shape index (κ1) is 13.3. The number of nitrogens with one attached hydrogen (secondary N) is 1. The summed E-state index contributed by atoms with van der Waals surface area (Å²) in [6.07, 6.45) is 6.31. The normalized spacial score (nSPS) is 17.1. The fourth-order valence-corrected chi connectivity index (χ4v) is 2.55. The number of hydrogen-bond donors (Lipinski definition) is 1. The highest BCUT2D eigenvalue weighted by atomic mass is 15.2. The Kier molecular flexibility index (Phi) is 4.93. The molecule has 0 aliphatic carbocycles. The summed E-state index contributed by atoms with van der Waals surface area (Å²) in [5.74, 6) is 1.10. The molecule has 4 nitrogen and oxygen atoms in total. The second-order valence-corrected chi connectivity index (χ2v) is 4.94. The Bertz CT molecular complexity index is 359. The molecule has 1 N–H and O–H groups in total. The van der Waals surface area contributed by atoms with Crippen LogP contribution in [-0.4, -0.2) is 35.6 Å². The second-order valence-electron chi connectivity index (χ2n) is 4.94. The van der Waals surface area contributed by atoms with Gasteiger partial charge in [-0.1, -0.05) is 20.3 Å². The number of aryl methyl sites for hydroxylation is 1. The van der Waals surface area contributed by atoms with Gasteiger partial charge in [-0.05, 0) is 25.8 Å². The van der Waals surface area contributed by atoms with E-state index in [1.54, 1.807) is 6.33 Å². The summed E-state index contributed by atoms with van der Waals surface area (Å²) in [6, 6.07) is 2.83. The summed E-state index contributed by atoms with van der Waals surface area (Å²) >= 11 is 0. The molecule has 18 heavy (non-hydrogen) atoms. The fourth-order valence-electron chi connectivity index (χ4n) is 2.55. The molecule has 0 aromatic carbocycles. The monoisotopic (exact) mass is 248 g/mol. The van der Waals surface area contributed by atoms with Gasteiger partial charge in [0.1, 0.15) is 12.1 Å². The summed E-state index contributed by atoms with van der Waals surface area (Å²) in [4.78, 5) is 11.1. The van der Waals surface area contributed by atoms with Gasteiger partial charge in [-0.3, -0.25) is 0 Å². The first-order valence-electron chi connectivity index (χ1n) is 7.12. The third-order valence-corrected chi connectivity index (χ3v) is 3.53. The topological polar surface area (TPSA) is 41.0 Å². The van der Waals surface area contributed by atoms with Gasteiger partial charge >= 0.3 is 0 Å².